The molecule has 4 atom stereocenters. The van der Waals surface area contributed by atoms with E-state index in [9.17, 15) is 5.26 Å². The first-order valence-corrected chi connectivity index (χ1v) is 8.09. The Kier molecular flexibility index (Phi) is 4.56. The van der Waals surface area contributed by atoms with E-state index in [0.717, 1.165) is 18.3 Å². The summed E-state index contributed by atoms with van der Waals surface area (Å²) in [6, 6.07) is 3.12. The molecule has 1 aliphatic carbocycles. The minimum atomic E-state index is 0.272. The molecule has 0 spiro atoms. The second-order valence-corrected chi connectivity index (χ2v) is 7.74. The molecular formula is C17H30N2. The van der Waals surface area contributed by atoms with Crippen LogP contribution in [-0.4, -0.2) is 24.0 Å². The van der Waals surface area contributed by atoms with Crippen molar-refractivity contribution in [3.05, 3.63) is 0 Å². The third-order valence-corrected chi connectivity index (χ3v) is 5.57. The molecule has 0 bridgehead atoms. The van der Waals surface area contributed by atoms with Gasteiger partial charge >= 0.3 is 0 Å². The Balaban J connectivity index is 2.05. The summed E-state index contributed by atoms with van der Waals surface area (Å²) in [5.74, 6) is 1.92. The van der Waals surface area contributed by atoms with Gasteiger partial charge < -0.3 is 0 Å². The van der Waals surface area contributed by atoms with E-state index in [-0.39, 0.29) is 5.92 Å². The SMILES string of the molecule is CCC1CCN(C2CC(C(C)(C)C)CCC2C#N)C1. The van der Waals surface area contributed by atoms with Gasteiger partial charge in [-0.1, -0.05) is 34.1 Å². The Bertz CT molecular complexity index is 336. The molecule has 2 heteroatoms. The summed E-state index contributed by atoms with van der Waals surface area (Å²) >= 11 is 0. The maximum atomic E-state index is 9.46. The molecule has 1 heterocycles. The Morgan fingerprint density at radius 2 is 1.95 bits per heavy atom. The molecule has 2 rings (SSSR count). The molecule has 2 fully saturated rings. The van der Waals surface area contributed by atoms with Crippen LogP contribution in [0.3, 0.4) is 0 Å². The van der Waals surface area contributed by atoms with Gasteiger partial charge in [-0.05, 0) is 49.5 Å². The van der Waals surface area contributed by atoms with Crippen LogP contribution in [0.5, 0.6) is 0 Å². The third kappa shape index (κ3) is 3.31. The largest absolute Gasteiger partial charge is 0.299 e. The average molecular weight is 262 g/mol. The molecule has 19 heavy (non-hydrogen) atoms. The van der Waals surface area contributed by atoms with Gasteiger partial charge in [-0.3, -0.25) is 4.90 Å². The number of hydrogen-bond acceptors (Lipinski definition) is 2. The van der Waals surface area contributed by atoms with Crippen LogP contribution in [0.2, 0.25) is 0 Å². The van der Waals surface area contributed by atoms with Gasteiger partial charge in [-0.25, -0.2) is 0 Å². The number of likely N-dealkylation sites (tertiary alicyclic amines) is 1. The minimum absolute atomic E-state index is 0.272. The molecule has 1 aliphatic heterocycles. The lowest BCUT2D eigenvalue weighted by molar-refractivity contribution is 0.0719. The zero-order valence-corrected chi connectivity index (χ0v) is 13.2. The maximum Gasteiger partial charge on any atom is 0.0672 e. The van der Waals surface area contributed by atoms with Crippen LogP contribution in [0.15, 0.2) is 0 Å². The first-order chi connectivity index (χ1) is 8.95. The van der Waals surface area contributed by atoms with Gasteiger partial charge in [0.15, 0.2) is 0 Å². The fourth-order valence-corrected chi connectivity index (χ4v) is 3.98. The molecule has 0 N–H and O–H groups in total. The molecular weight excluding hydrogens is 232 g/mol. The molecule has 0 aromatic rings. The van der Waals surface area contributed by atoms with E-state index < -0.39 is 0 Å². The standard InChI is InChI=1S/C17H30N2/c1-5-13-8-9-19(12-13)16-10-15(17(2,3)4)7-6-14(16)11-18/h13-16H,5-10,12H2,1-4H3. The fourth-order valence-electron chi connectivity index (χ4n) is 3.98. The molecule has 4 unspecified atom stereocenters. The van der Waals surface area contributed by atoms with Gasteiger partial charge in [0.25, 0.3) is 0 Å². The molecule has 0 amide bonds. The van der Waals surface area contributed by atoms with Crippen LogP contribution in [0.25, 0.3) is 0 Å². The van der Waals surface area contributed by atoms with Crippen molar-refractivity contribution in [3.63, 3.8) is 0 Å². The predicted octanol–water partition coefficient (Wildman–Crippen LogP) is 4.07. The minimum Gasteiger partial charge on any atom is -0.299 e. The Hall–Kier alpha value is -0.550. The van der Waals surface area contributed by atoms with Gasteiger partial charge in [0.05, 0.1) is 12.0 Å². The van der Waals surface area contributed by atoms with E-state index in [1.165, 1.54) is 38.8 Å². The molecule has 1 saturated heterocycles. The van der Waals surface area contributed by atoms with Crippen LogP contribution in [0.1, 0.15) is 59.8 Å². The summed E-state index contributed by atoms with van der Waals surface area (Å²) in [5.41, 5.74) is 0.391. The van der Waals surface area contributed by atoms with Crippen LogP contribution in [-0.2, 0) is 0 Å². The number of hydrogen-bond donors (Lipinski definition) is 0. The monoisotopic (exact) mass is 262 g/mol. The maximum absolute atomic E-state index is 9.46. The molecule has 0 aromatic carbocycles. The normalized spacial score (nSPS) is 37.2. The highest BCUT2D eigenvalue weighted by atomic mass is 15.2. The van der Waals surface area contributed by atoms with Gasteiger partial charge in [-0.2, -0.15) is 5.26 Å². The predicted molar refractivity (Wildman–Crippen MR) is 79.7 cm³/mol. The number of rotatable bonds is 2. The highest BCUT2D eigenvalue weighted by molar-refractivity contribution is 5.00. The van der Waals surface area contributed by atoms with Gasteiger partial charge in [-0.15, -0.1) is 0 Å². The van der Waals surface area contributed by atoms with Crippen LogP contribution < -0.4 is 0 Å². The first kappa shape index (κ1) is 14.9. The Morgan fingerprint density at radius 1 is 1.21 bits per heavy atom. The van der Waals surface area contributed by atoms with Crippen molar-refractivity contribution in [2.45, 2.75) is 65.8 Å². The molecule has 0 radical (unpaired) electrons. The quantitative estimate of drug-likeness (QED) is 0.750. The summed E-state index contributed by atoms with van der Waals surface area (Å²) in [6.07, 6.45) is 6.21. The van der Waals surface area contributed by atoms with Crippen molar-refractivity contribution in [2.24, 2.45) is 23.2 Å². The summed E-state index contributed by atoms with van der Waals surface area (Å²) in [6.45, 7) is 11.8. The molecule has 2 nitrogen and oxygen atoms in total. The lowest BCUT2D eigenvalue weighted by Crippen LogP contribution is -2.45. The number of nitrogens with zero attached hydrogens (tertiary/aromatic N) is 2. The molecule has 108 valence electrons. The van der Waals surface area contributed by atoms with Crippen molar-refractivity contribution < 1.29 is 0 Å². The lowest BCUT2D eigenvalue weighted by Gasteiger charge is -2.43. The Morgan fingerprint density at radius 3 is 2.47 bits per heavy atom. The molecule has 2 aliphatic rings. The second kappa shape index (κ2) is 5.83. The van der Waals surface area contributed by atoms with E-state index in [0.29, 0.717) is 11.5 Å². The summed E-state index contributed by atoms with van der Waals surface area (Å²) in [4.78, 5) is 2.64. The number of nitriles is 1. The van der Waals surface area contributed by atoms with Crippen LogP contribution in [0, 0.1) is 34.5 Å². The zero-order valence-electron chi connectivity index (χ0n) is 13.2. The highest BCUT2D eigenvalue weighted by Gasteiger charge is 2.40. The van der Waals surface area contributed by atoms with E-state index in [2.05, 4.69) is 38.7 Å². The van der Waals surface area contributed by atoms with E-state index in [1.54, 1.807) is 0 Å². The van der Waals surface area contributed by atoms with Gasteiger partial charge in [0, 0.05) is 12.6 Å². The van der Waals surface area contributed by atoms with E-state index in [1.807, 2.05) is 0 Å². The zero-order chi connectivity index (χ0) is 14.0. The third-order valence-electron chi connectivity index (χ3n) is 5.57. The van der Waals surface area contributed by atoms with Gasteiger partial charge in [0.2, 0.25) is 0 Å². The van der Waals surface area contributed by atoms with Crippen LogP contribution in [0.4, 0.5) is 0 Å². The topological polar surface area (TPSA) is 27.0 Å². The van der Waals surface area contributed by atoms with Crippen molar-refractivity contribution in [1.82, 2.24) is 4.90 Å². The van der Waals surface area contributed by atoms with E-state index >= 15 is 0 Å². The lowest BCUT2D eigenvalue weighted by atomic mass is 9.68. The van der Waals surface area contributed by atoms with Crippen molar-refractivity contribution >= 4 is 0 Å². The summed E-state index contributed by atoms with van der Waals surface area (Å²) in [5, 5.41) is 9.46. The molecule has 1 saturated carbocycles. The second-order valence-electron chi connectivity index (χ2n) is 7.74. The van der Waals surface area contributed by atoms with Crippen molar-refractivity contribution in [2.75, 3.05) is 13.1 Å². The first-order valence-electron chi connectivity index (χ1n) is 8.09. The van der Waals surface area contributed by atoms with Gasteiger partial charge in [0.1, 0.15) is 0 Å². The van der Waals surface area contributed by atoms with Crippen molar-refractivity contribution in [1.29, 1.82) is 5.26 Å². The smallest absolute Gasteiger partial charge is 0.0672 e. The fraction of sp³-hybridized carbons (Fsp3) is 0.941. The average Bonchev–Trinajstić information content (AvgIpc) is 2.85. The highest BCUT2D eigenvalue weighted by Crippen LogP contribution is 2.42. The van der Waals surface area contributed by atoms with Crippen molar-refractivity contribution in [3.8, 4) is 6.07 Å². The molecule has 0 aromatic heterocycles. The summed E-state index contributed by atoms with van der Waals surface area (Å²) in [7, 11) is 0. The van der Waals surface area contributed by atoms with E-state index in [4.69, 9.17) is 0 Å². The summed E-state index contributed by atoms with van der Waals surface area (Å²) < 4.78 is 0. The Labute approximate surface area is 119 Å². The van der Waals surface area contributed by atoms with Crippen LogP contribution >= 0.6 is 0 Å².